The van der Waals surface area contributed by atoms with Crippen molar-refractivity contribution in [2.75, 3.05) is 0 Å². The molecule has 2 aliphatic heterocycles. The minimum atomic E-state index is 0.291. The van der Waals surface area contributed by atoms with Gasteiger partial charge >= 0.3 is 0 Å². The lowest BCUT2D eigenvalue weighted by Crippen LogP contribution is -2.28. The summed E-state index contributed by atoms with van der Waals surface area (Å²) in [4.78, 5) is 6.46. The van der Waals surface area contributed by atoms with Crippen LogP contribution in [0.1, 0.15) is 55.6 Å². The number of rotatable bonds is 2. The molecule has 3 heteroatoms. The fourth-order valence-corrected chi connectivity index (χ4v) is 4.91. The third kappa shape index (κ3) is 1.64. The molecule has 3 heterocycles. The predicted molar refractivity (Wildman–Crippen MR) is 85.1 cm³/mol. The lowest BCUT2D eigenvalue weighted by molar-refractivity contribution is -0.193. The van der Waals surface area contributed by atoms with Gasteiger partial charge in [-0.15, -0.1) is 0 Å². The highest BCUT2D eigenvalue weighted by Gasteiger charge is 2.56. The van der Waals surface area contributed by atoms with Gasteiger partial charge < -0.3 is 4.57 Å². The Balaban J connectivity index is 1.56. The maximum Gasteiger partial charge on any atom is 0.0861 e. The van der Waals surface area contributed by atoms with Gasteiger partial charge in [0.15, 0.2) is 0 Å². The molecule has 3 nitrogen and oxygen atoms in total. The zero-order valence-corrected chi connectivity index (χ0v) is 12.9. The van der Waals surface area contributed by atoms with E-state index in [2.05, 4.69) is 65.2 Å². The number of hydroxylamine groups is 2. The van der Waals surface area contributed by atoms with Crippen molar-refractivity contribution in [1.29, 1.82) is 0 Å². The average Bonchev–Trinajstić information content (AvgIpc) is 3.24. The zero-order valence-electron chi connectivity index (χ0n) is 12.9. The highest BCUT2D eigenvalue weighted by molar-refractivity contribution is 5.26. The van der Waals surface area contributed by atoms with Crippen LogP contribution in [-0.4, -0.2) is 15.7 Å². The number of benzene rings is 1. The lowest BCUT2D eigenvalue weighted by atomic mass is 9.80. The van der Waals surface area contributed by atoms with E-state index in [1.54, 1.807) is 0 Å². The van der Waals surface area contributed by atoms with E-state index in [9.17, 15) is 0 Å². The summed E-state index contributed by atoms with van der Waals surface area (Å²) < 4.78 is 2.52. The Labute approximate surface area is 131 Å². The molecule has 2 fully saturated rings. The Morgan fingerprint density at radius 3 is 2.82 bits per heavy atom. The molecule has 3 aliphatic rings. The van der Waals surface area contributed by atoms with Crippen molar-refractivity contribution in [1.82, 2.24) is 9.63 Å². The van der Waals surface area contributed by atoms with Gasteiger partial charge in [0.1, 0.15) is 0 Å². The lowest BCUT2D eigenvalue weighted by Gasteiger charge is -2.30. The van der Waals surface area contributed by atoms with Gasteiger partial charge in [-0.05, 0) is 43.9 Å². The Bertz CT molecular complexity index is 680. The van der Waals surface area contributed by atoms with Crippen LogP contribution in [0.5, 0.6) is 0 Å². The minimum Gasteiger partial charge on any atom is -0.346 e. The monoisotopic (exact) mass is 294 g/mol. The number of hydrogen-bond donors (Lipinski definition) is 0. The molecule has 0 unspecified atom stereocenters. The average molecular weight is 294 g/mol. The summed E-state index contributed by atoms with van der Waals surface area (Å²) in [6.07, 6.45) is 6.46. The Morgan fingerprint density at radius 2 is 1.95 bits per heavy atom. The van der Waals surface area contributed by atoms with E-state index in [-0.39, 0.29) is 0 Å². The first-order chi connectivity index (χ1) is 10.8. The summed E-state index contributed by atoms with van der Waals surface area (Å²) in [5, 5.41) is 2.29. The predicted octanol–water partition coefficient (Wildman–Crippen LogP) is 4.26. The highest BCUT2D eigenvalue weighted by atomic mass is 16.7. The van der Waals surface area contributed by atoms with Gasteiger partial charge in [0.05, 0.1) is 18.2 Å². The van der Waals surface area contributed by atoms with Crippen LogP contribution in [0.15, 0.2) is 48.7 Å². The number of fused-ring (bicyclic) bond motifs is 3. The first-order valence-corrected chi connectivity index (χ1v) is 8.51. The van der Waals surface area contributed by atoms with E-state index in [0.717, 1.165) is 0 Å². The third-order valence-electron chi connectivity index (χ3n) is 5.89. The van der Waals surface area contributed by atoms with Crippen molar-refractivity contribution >= 4 is 0 Å². The van der Waals surface area contributed by atoms with Gasteiger partial charge in [-0.2, -0.15) is 5.06 Å². The number of hydrogen-bond acceptors (Lipinski definition) is 2. The molecule has 5 atom stereocenters. The molecule has 0 amide bonds. The molecule has 22 heavy (non-hydrogen) atoms. The van der Waals surface area contributed by atoms with Gasteiger partial charge in [0.25, 0.3) is 0 Å². The highest BCUT2D eigenvalue weighted by Crippen LogP contribution is 2.57. The fraction of sp³-hybridized carbons (Fsp3) is 0.474. The second-order valence-corrected chi connectivity index (χ2v) is 6.95. The van der Waals surface area contributed by atoms with Gasteiger partial charge in [0, 0.05) is 23.9 Å². The summed E-state index contributed by atoms with van der Waals surface area (Å²) in [6, 6.07) is 16.6. The van der Waals surface area contributed by atoms with Crippen LogP contribution in [0.2, 0.25) is 0 Å². The van der Waals surface area contributed by atoms with Crippen LogP contribution in [0, 0.1) is 5.92 Å². The first kappa shape index (κ1) is 12.9. The van der Waals surface area contributed by atoms with E-state index in [4.69, 9.17) is 4.84 Å². The van der Waals surface area contributed by atoms with Crippen LogP contribution in [0.3, 0.4) is 0 Å². The molecule has 1 saturated heterocycles. The maximum atomic E-state index is 6.46. The number of aromatic nitrogens is 1. The Hall–Kier alpha value is -1.58. The SMILES string of the molecule is C[C@H](c1ccccc1)N1O[C@H]2CCC[C@@H]3[C@H]2[C@H]1c1cccn13. The molecule has 1 saturated carbocycles. The van der Waals surface area contributed by atoms with Gasteiger partial charge in [-0.25, -0.2) is 0 Å². The molecule has 1 aromatic carbocycles. The smallest absolute Gasteiger partial charge is 0.0861 e. The van der Waals surface area contributed by atoms with Crippen LogP contribution in [-0.2, 0) is 4.84 Å². The van der Waals surface area contributed by atoms with Crippen LogP contribution in [0.4, 0.5) is 0 Å². The number of nitrogens with zero attached hydrogens (tertiary/aromatic N) is 2. The Morgan fingerprint density at radius 1 is 1.09 bits per heavy atom. The maximum absolute atomic E-state index is 6.46. The summed E-state index contributed by atoms with van der Waals surface area (Å²) in [6.45, 7) is 2.27. The van der Waals surface area contributed by atoms with Gasteiger partial charge in [0.2, 0.25) is 0 Å². The van der Waals surface area contributed by atoms with Crippen LogP contribution < -0.4 is 0 Å². The summed E-state index contributed by atoms with van der Waals surface area (Å²) in [7, 11) is 0. The third-order valence-corrected chi connectivity index (χ3v) is 5.89. The van der Waals surface area contributed by atoms with Gasteiger partial charge in [-0.1, -0.05) is 30.3 Å². The second-order valence-electron chi connectivity index (χ2n) is 6.95. The van der Waals surface area contributed by atoms with Crippen molar-refractivity contribution in [3.8, 4) is 0 Å². The fourth-order valence-electron chi connectivity index (χ4n) is 4.91. The molecule has 114 valence electrons. The quantitative estimate of drug-likeness (QED) is 0.823. The molecule has 0 N–H and O–H groups in total. The van der Waals surface area contributed by atoms with Crippen molar-refractivity contribution in [2.24, 2.45) is 5.92 Å². The van der Waals surface area contributed by atoms with Crippen molar-refractivity contribution in [3.05, 3.63) is 59.9 Å². The van der Waals surface area contributed by atoms with E-state index in [1.807, 2.05) is 0 Å². The molecule has 0 bridgehead atoms. The Kier molecular flexibility index (Phi) is 2.76. The van der Waals surface area contributed by atoms with E-state index < -0.39 is 0 Å². The first-order valence-electron chi connectivity index (χ1n) is 8.51. The second kappa shape index (κ2) is 4.71. The summed E-state index contributed by atoms with van der Waals surface area (Å²) in [5.74, 6) is 0.635. The molecule has 5 rings (SSSR count). The van der Waals surface area contributed by atoms with Crippen molar-refractivity contribution in [2.45, 2.75) is 50.4 Å². The normalized spacial score (nSPS) is 34.4. The largest absolute Gasteiger partial charge is 0.346 e. The molecule has 0 radical (unpaired) electrons. The van der Waals surface area contributed by atoms with E-state index in [1.165, 1.54) is 30.5 Å². The molecule has 1 aromatic heterocycles. The van der Waals surface area contributed by atoms with Crippen LogP contribution >= 0.6 is 0 Å². The van der Waals surface area contributed by atoms with E-state index in [0.29, 0.717) is 30.1 Å². The van der Waals surface area contributed by atoms with Crippen molar-refractivity contribution < 1.29 is 4.84 Å². The standard InChI is InChI=1S/C19H22N2O/c1-13(14-7-3-2-4-8-14)21-19-16-10-6-12-20(16)15-9-5-11-17(22-21)18(15)19/h2-4,6-8,10,12-13,15,17-19H,5,9,11H2,1H3/t13-,15-,17+,18-,19-/m1/s1. The van der Waals surface area contributed by atoms with Gasteiger partial charge in [-0.3, -0.25) is 4.84 Å². The topological polar surface area (TPSA) is 17.4 Å². The summed E-state index contributed by atoms with van der Waals surface area (Å²) >= 11 is 0. The molecular weight excluding hydrogens is 272 g/mol. The zero-order chi connectivity index (χ0) is 14.7. The molecular formula is C19H22N2O. The summed E-state index contributed by atoms with van der Waals surface area (Å²) in [5.41, 5.74) is 2.78. The van der Waals surface area contributed by atoms with Crippen molar-refractivity contribution in [3.63, 3.8) is 0 Å². The molecule has 0 spiro atoms. The minimum absolute atomic E-state index is 0.291. The van der Waals surface area contributed by atoms with Crippen LogP contribution in [0.25, 0.3) is 0 Å². The van der Waals surface area contributed by atoms with E-state index >= 15 is 0 Å². The molecule has 2 aromatic rings. The molecule has 1 aliphatic carbocycles.